The van der Waals surface area contributed by atoms with Crippen LogP contribution in [0.15, 0.2) is 0 Å². The Balaban J connectivity index is 2.41. The van der Waals surface area contributed by atoms with E-state index in [0.29, 0.717) is 6.54 Å². The van der Waals surface area contributed by atoms with Crippen LogP contribution in [-0.2, 0) is 24.2 Å². The van der Waals surface area contributed by atoms with Crippen molar-refractivity contribution in [1.82, 2.24) is 9.55 Å². The number of aldehydes is 1. The molecule has 13 heavy (non-hydrogen) atoms. The highest BCUT2D eigenvalue weighted by Gasteiger charge is 2.17. The third kappa shape index (κ3) is 1.39. The average Bonchev–Trinajstić information content (AvgIpc) is 2.44. The van der Waals surface area contributed by atoms with Crippen molar-refractivity contribution in [3.63, 3.8) is 0 Å². The molecule has 0 saturated carbocycles. The Morgan fingerprint density at radius 2 is 2.23 bits per heavy atom. The minimum atomic E-state index is 0.466. The summed E-state index contributed by atoms with van der Waals surface area (Å²) in [5, 5.41) is 0. The number of carbonyl (C=O) groups is 1. The summed E-state index contributed by atoms with van der Waals surface area (Å²) in [6.07, 6.45) is 5.59. The molecule has 0 unspecified atom stereocenters. The minimum absolute atomic E-state index is 0.466. The molecule has 0 spiro atoms. The molecule has 0 atom stereocenters. The van der Waals surface area contributed by atoms with E-state index >= 15 is 0 Å². The summed E-state index contributed by atoms with van der Waals surface area (Å²) in [4.78, 5) is 14.9. The van der Waals surface area contributed by atoms with Gasteiger partial charge in [0.25, 0.3) is 0 Å². The van der Waals surface area contributed by atoms with Crippen molar-refractivity contribution in [1.29, 1.82) is 0 Å². The standard InChI is InChI=1S/C10H14N2O/c1-8-11-9-4-2-3-5-10(9)12(8)6-7-13/h7H,2-6H2,1H3. The lowest BCUT2D eigenvalue weighted by Crippen LogP contribution is -2.10. The fraction of sp³-hybridized carbons (Fsp3) is 0.600. The second-order valence-electron chi connectivity index (χ2n) is 3.54. The molecule has 0 bridgehead atoms. The number of nitrogens with zero attached hydrogens (tertiary/aromatic N) is 2. The Labute approximate surface area is 77.8 Å². The first-order chi connectivity index (χ1) is 6.33. The fourth-order valence-corrected chi connectivity index (χ4v) is 2.05. The van der Waals surface area contributed by atoms with E-state index < -0.39 is 0 Å². The average molecular weight is 178 g/mol. The number of carbonyl (C=O) groups excluding carboxylic acids is 1. The number of aryl methyl sites for hydroxylation is 2. The molecule has 1 aromatic heterocycles. The van der Waals surface area contributed by atoms with Crippen LogP contribution in [0.3, 0.4) is 0 Å². The summed E-state index contributed by atoms with van der Waals surface area (Å²) in [6.45, 7) is 2.44. The van der Waals surface area contributed by atoms with Crippen molar-refractivity contribution in [2.45, 2.75) is 39.2 Å². The first-order valence-corrected chi connectivity index (χ1v) is 4.81. The second-order valence-corrected chi connectivity index (χ2v) is 3.54. The van der Waals surface area contributed by atoms with Crippen LogP contribution in [0.1, 0.15) is 30.1 Å². The maximum absolute atomic E-state index is 10.5. The zero-order valence-corrected chi connectivity index (χ0v) is 7.92. The van der Waals surface area contributed by atoms with Gasteiger partial charge in [-0.2, -0.15) is 0 Å². The van der Waals surface area contributed by atoms with E-state index in [1.807, 2.05) is 11.5 Å². The first-order valence-electron chi connectivity index (χ1n) is 4.81. The van der Waals surface area contributed by atoms with Crippen molar-refractivity contribution in [3.8, 4) is 0 Å². The van der Waals surface area contributed by atoms with Crippen LogP contribution in [-0.4, -0.2) is 15.8 Å². The van der Waals surface area contributed by atoms with Gasteiger partial charge in [0.05, 0.1) is 12.2 Å². The molecule has 0 saturated heterocycles. The predicted molar refractivity (Wildman–Crippen MR) is 49.7 cm³/mol. The van der Waals surface area contributed by atoms with Crippen molar-refractivity contribution in [3.05, 3.63) is 17.2 Å². The molecule has 1 aromatic rings. The monoisotopic (exact) mass is 178 g/mol. The Hall–Kier alpha value is -1.12. The van der Waals surface area contributed by atoms with Gasteiger partial charge in [-0.25, -0.2) is 4.98 Å². The van der Waals surface area contributed by atoms with Crippen LogP contribution in [0, 0.1) is 6.92 Å². The van der Waals surface area contributed by atoms with Crippen molar-refractivity contribution in [2.24, 2.45) is 0 Å². The van der Waals surface area contributed by atoms with Crippen LogP contribution in [0.5, 0.6) is 0 Å². The largest absolute Gasteiger partial charge is 0.325 e. The number of hydrogen-bond acceptors (Lipinski definition) is 2. The van der Waals surface area contributed by atoms with Crippen LogP contribution < -0.4 is 0 Å². The van der Waals surface area contributed by atoms with Gasteiger partial charge in [0, 0.05) is 5.69 Å². The lowest BCUT2D eigenvalue weighted by atomic mass is 10.0. The number of rotatable bonds is 2. The van der Waals surface area contributed by atoms with E-state index in [9.17, 15) is 4.79 Å². The number of aromatic nitrogens is 2. The van der Waals surface area contributed by atoms with Gasteiger partial charge in [0.2, 0.25) is 0 Å². The molecule has 70 valence electrons. The highest BCUT2D eigenvalue weighted by Crippen LogP contribution is 2.21. The van der Waals surface area contributed by atoms with Gasteiger partial charge in [-0.15, -0.1) is 0 Å². The molecular weight excluding hydrogens is 164 g/mol. The molecule has 3 nitrogen and oxygen atoms in total. The molecule has 3 heteroatoms. The molecule has 2 rings (SSSR count). The van der Waals surface area contributed by atoms with E-state index in [2.05, 4.69) is 4.98 Å². The molecule has 1 aliphatic carbocycles. The van der Waals surface area contributed by atoms with Gasteiger partial charge in [-0.1, -0.05) is 0 Å². The molecular formula is C10H14N2O. The predicted octanol–water partition coefficient (Wildman–Crippen LogP) is 1.27. The van der Waals surface area contributed by atoms with E-state index in [1.54, 1.807) is 0 Å². The molecule has 0 N–H and O–H groups in total. The van der Waals surface area contributed by atoms with Gasteiger partial charge in [-0.05, 0) is 32.6 Å². The smallest absolute Gasteiger partial charge is 0.139 e. The van der Waals surface area contributed by atoms with Crippen LogP contribution >= 0.6 is 0 Å². The van der Waals surface area contributed by atoms with Gasteiger partial charge in [0.15, 0.2) is 0 Å². The Morgan fingerprint density at radius 1 is 1.46 bits per heavy atom. The van der Waals surface area contributed by atoms with E-state index in [0.717, 1.165) is 25.0 Å². The summed E-state index contributed by atoms with van der Waals surface area (Å²) in [5.74, 6) is 0.985. The van der Waals surface area contributed by atoms with E-state index in [-0.39, 0.29) is 0 Å². The highest BCUT2D eigenvalue weighted by atomic mass is 16.1. The molecule has 1 aliphatic rings. The SMILES string of the molecule is Cc1nc2c(n1CC=O)CCCC2. The lowest BCUT2D eigenvalue weighted by molar-refractivity contribution is -0.108. The summed E-state index contributed by atoms with van der Waals surface area (Å²) in [7, 11) is 0. The second kappa shape index (κ2) is 3.32. The highest BCUT2D eigenvalue weighted by molar-refractivity contribution is 5.50. The third-order valence-corrected chi connectivity index (χ3v) is 2.68. The van der Waals surface area contributed by atoms with E-state index in [4.69, 9.17) is 0 Å². The molecule has 0 radical (unpaired) electrons. The van der Waals surface area contributed by atoms with Gasteiger partial charge < -0.3 is 9.36 Å². The quantitative estimate of drug-likeness (QED) is 0.639. The zero-order chi connectivity index (χ0) is 9.26. The molecule has 0 fully saturated rings. The van der Waals surface area contributed by atoms with E-state index in [1.165, 1.54) is 24.2 Å². The fourth-order valence-electron chi connectivity index (χ4n) is 2.05. The van der Waals surface area contributed by atoms with Crippen molar-refractivity contribution < 1.29 is 4.79 Å². The Bertz CT molecular complexity index is 328. The van der Waals surface area contributed by atoms with Gasteiger partial charge in [0.1, 0.15) is 12.1 Å². The maximum Gasteiger partial charge on any atom is 0.139 e. The molecule has 0 aromatic carbocycles. The summed E-state index contributed by atoms with van der Waals surface area (Å²) in [6, 6.07) is 0. The number of imidazole rings is 1. The maximum atomic E-state index is 10.5. The summed E-state index contributed by atoms with van der Waals surface area (Å²) >= 11 is 0. The summed E-state index contributed by atoms with van der Waals surface area (Å²) in [5.41, 5.74) is 2.50. The minimum Gasteiger partial charge on any atom is -0.325 e. The first kappa shape index (κ1) is 8.48. The third-order valence-electron chi connectivity index (χ3n) is 2.68. The molecule has 0 aliphatic heterocycles. The molecule has 0 amide bonds. The lowest BCUT2D eigenvalue weighted by Gasteiger charge is -2.12. The zero-order valence-electron chi connectivity index (χ0n) is 7.92. The van der Waals surface area contributed by atoms with Crippen LogP contribution in [0.4, 0.5) is 0 Å². The normalized spacial score (nSPS) is 15.5. The van der Waals surface area contributed by atoms with Crippen molar-refractivity contribution in [2.75, 3.05) is 0 Å². The van der Waals surface area contributed by atoms with Crippen LogP contribution in [0.25, 0.3) is 0 Å². The van der Waals surface area contributed by atoms with Gasteiger partial charge in [-0.3, -0.25) is 0 Å². The van der Waals surface area contributed by atoms with Crippen molar-refractivity contribution >= 4 is 6.29 Å². The topological polar surface area (TPSA) is 34.9 Å². The Kier molecular flexibility index (Phi) is 2.17. The number of fused-ring (bicyclic) bond motifs is 1. The summed E-state index contributed by atoms with van der Waals surface area (Å²) < 4.78 is 2.04. The Morgan fingerprint density at radius 3 is 3.00 bits per heavy atom. The van der Waals surface area contributed by atoms with Gasteiger partial charge >= 0.3 is 0 Å². The van der Waals surface area contributed by atoms with Crippen LogP contribution in [0.2, 0.25) is 0 Å². The number of hydrogen-bond donors (Lipinski definition) is 0. The molecule has 1 heterocycles.